The van der Waals surface area contributed by atoms with Crippen molar-refractivity contribution in [3.8, 4) is 6.07 Å². The maximum atomic E-state index is 13.3. The molecule has 0 aliphatic heterocycles. The number of ketones is 1. The van der Waals surface area contributed by atoms with Gasteiger partial charge in [-0.3, -0.25) is 4.79 Å². The van der Waals surface area contributed by atoms with E-state index in [9.17, 15) is 14.4 Å². The molecule has 2 aromatic rings. The second-order valence-electron chi connectivity index (χ2n) is 4.56. The molecule has 21 heavy (non-hydrogen) atoms. The van der Waals surface area contributed by atoms with Gasteiger partial charge in [-0.15, -0.1) is 0 Å². The van der Waals surface area contributed by atoms with Crippen LogP contribution < -0.4 is 0 Å². The van der Waals surface area contributed by atoms with E-state index in [1.807, 2.05) is 6.07 Å². The lowest BCUT2D eigenvalue weighted by atomic mass is 9.91. The summed E-state index contributed by atoms with van der Waals surface area (Å²) in [6.45, 7) is 1.56. The first-order valence-electron chi connectivity index (χ1n) is 6.09. The van der Waals surface area contributed by atoms with Crippen LogP contribution in [0.25, 0.3) is 0 Å². The van der Waals surface area contributed by atoms with Gasteiger partial charge in [0.1, 0.15) is 11.7 Å². The van der Waals surface area contributed by atoms with Crippen LogP contribution in [0, 0.1) is 24.1 Å². The third-order valence-electron chi connectivity index (χ3n) is 3.11. The van der Waals surface area contributed by atoms with Crippen LogP contribution in [0.2, 0.25) is 10.0 Å². The number of Topliss-reactive ketones (excluding diaryl/α,β-unsaturated/α-hetero) is 1. The first-order valence-corrected chi connectivity index (χ1v) is 6.84. The fourth-order valence-corrected chi connectivity index (χ4v) is 2.25. The number of halogens is 3. The minimum atomic E-state index is -1.01. The van der Waals surface area contributed by atoms with Gasteiger partial charge in [-0.05, 0) is 48.4 Å². The van der Waals surface area contributed by atoms with Crippen molar-refractivity contribution >= 4 is 29.0 Å². The molecule has 106 valence electrons. The van der Waals surface area contributed by atoms with Crippen LogP contribution in [0.4, 0.5) is 4.39 Å². The maximum absolute atomic E-state index is 13.3. The second kappa shape index (κ2) is 6.26. The average molecular weight is 322 g/mol. The second-order valence-corrected chi connectivity index (χ2v) is 5.38. The smallest absolute Gasteiger partial charge is 0.184 e. The first-order chi connectivity index (χ1) is 9.93. The lowest BCUT2D eigenvalue weighted by Gasteiger charge is -2.10. The summed E-state index contributed by atoms with van der Waals surface area (Å²) in [7, 11) is 0. The number of aryl methyl sites for hydroxylation is 1. The fourth-order valence-electron chi connectivity index (χ4n) is 1.94. The van der Waals surface area contributed by atoms with Crippen LogP contribution in [-0.2, 0) is 0 Å². The lowest BCUT2D eigenvalue weighted by Crippen LogP contribution is -2.11. The number of nitriles is 1. The lowest BCUT2D eigenvalue weighted by molar-refractivity contribution is 0.0978. The van der Waals surface area contributed by atoms with Crippen molar-refractivity contribution in [1.82, 2.24) is 0 Å². The Labute approximate surface area is 131 Å². The molecule has 0 aliphatic rings. The van der Waals surface area contributed by atoms with Gasteiger partial charge in [0.25, 0.3) is 0 Å². The predicted octanol–water partition coefficient (Wildman–Crippen LogP) is 4.93. The highest BCUT2D eigenvalue weighted by Crippen LogP contribution is 2.28. The highest BCUT2D eigenvalue weighted by molar-refractivity contribution is 6.42. The number of hydrogen-bond donors (Lipinski definition) is 0. The van der Waals surface area contributed by atoms with Crippen LogP contribution in [0.5, 0.6) is 0 Å². The molecular weight excluding hydrogens is 312 g/mol. The standard InChI is InChI=1S/C16H10Cl2FNO/c1-9-6-11(3-5-15(9)19)16(21)12(8-20)10-2-4-13(17)14(18)7-10/h2-7,12H,1H3. The highest BCUT2D eigenvalue weighted by atomic mass is 35.5. The van der Waals surface area contributed by atoms with Crippen molar-refractivity contribution in [1.29, 1.82) is 5.26 Å². The van der Waals surface area contributed by atoms with E-state index >= 15 is 0 Å². The third-order valence-corrected chi connectivity index (χ3v) is 3.85. The van der Waals surface area contributed by atoms with Gasteiger partial charge >= 0.3 is 0 Å². The Hall–Kier alpha value is -1.89. The number of carbonyl (C=O) groups excluding carboxylic acids is 1. The monoisotopic (exact) mass is 321 g/mol. The van der Waals surface area contributed by atoms with Crippen LogP contribution in [0.3, 0.4) is 0 Å². The van der Waals surface area contributed by atoms with Crippen molar-refractivity contribution in [2.75, 3.05) is 0 Å². The predicted molar refractivity (Wildman–Crippen MR) is 80.3 cm³/mol. The Morgan fingerprint density at radius 1 is 1.19 bits per heavy atom. The zero-order valence-electron chi connectivity index (χ0n) is 11.0. The molecule has 0 bridgehead atoms. The summed E-state index contributed by atoms with van der Waals surface area (Å²) in [5.74, 6) is -1.81. The number of nitrogens with zero attached hydrogens (tertiary/aromatic N) is 1. The van der Waals surface area contributed by atoms with Crippen molar-refractivity contribution in [2.45, 2.75) is 12.8 Å². The van der Waals surface area contributed by atoms with E-state index in [2.05, 4.69) is 0 Å². The average Bonchev–Trinajstić information content (AvgIpc) is 2.46. The van der Waals surface area contributed by atoms with Crippen LogP contribution in [0.1, 0.15) is 27.4 Å². The fraction of sp³-hybridized carbons (Fsp3) is 0.125. The minimum Gasteiger partial charge on any atom is -0.292 e. The molecule has 0 aliphatic carbocycles. The van der Waals surface area contributed by atoms with Gasteiger partial charge in [-0.1, -0.05) is 29.3 Å². The van der Waals surface area contributed by atoms with Gasteiger partial charge in [0.05, 0.1) is 16.1 Å². The zero-order valence-corrected chi connectivity index (χ0v) is 12.5. The summed E-state index contributed by atoms with van der Waals surface area (Å²) in [5, 5.41) is 9.90. The molecule has 2 aromatic carbocycles. The van der Waals surface area contributed by atoms with Crippen molar-refractivity contribution in [3.63, 3.8) is 0 Å². The minimum absolute atomic E-state index is 0.275. The van der Waals surface area contributed by atoms with Crippen LogP contribution in [-0.4, -0.2) is 5.78 Å². The molecule has 0 amide bonds. The number of hydrogen-bond acceptors (Lipinski definition) is 2. The Kier molecular flexibility index (Phi) is 4.62. The molecule has 0 radical (unpaired) electrons. The zero-order chi connectivity index (χ0) is 15.6. The van der Waals surface area contributed by atoms with Crippen LogP contribution >= 0.6 is 23.2 Å². The first kappa shape index (κ1) is 15.5. The summed E-state index contributed by atoms with van der Waals surface area (Å²) >= 11 is 11.7. The molecule has 0 spiro atoms. The largest absolute Gasteiger partial charge is 0.292 e. The Morgan fingerprint density at radius 2 is 1.90 bits per heavy atom. The number of rotatable bonds is 3. The molecule has 0 saturated carbocycles. The van der Waals surface area contributed by atoms with Gasteiger partial charge in [0, 0.05) is 5.56 Å². The van der Waals surface area contributed by atoms with E-state index in [4.69, 9.17) is 23.2 Å². The van der Waals surface area contributed by atoms with Gasteiger partial charge in [0.15, 0.2) is 5.78 Å². The van der Waals surface area contributed by atoms with Gasteiger partial charge < -0.3 is 0 Å². The van der Waals surface area contributed by atoms with Gasteiger partial charge in [0.2, 0.25) is 0 Å². The molecule has 0 aromatic heterocycles. The van der Waals surface area contributed by atoms with E-state index in [1.54, 1.807) is 13.0 Å². The van der Waals surface area contributed by atoms with Gasteiger partial charge in [-0.25, -0.2) is 4.39 Å². The molecular formula is C16H10Cl2FNO. The summed E-state index contributed by atoms with van der Waals surface area (Å²) in [6.07, 6.45) is 0. The quantitative estimate of drug-likeness (QED) is 0.752. The topological polar surface area (TPSA) is 40.9 Å². The molecule has 0 fully saturated rings. The van der Waals surface area contributed by atoms with Crippen LogP contribution in [0.15, 0.2) is 36.4 Å². The SMILES string of the molecule is Cc1cc(C(=O)C(C#N)c2ccc(Cl)c(Cl)c2)ccc1F. The highest BCUT2D eigenvalue weighted by Gasteiger charge is 2.23. The Balaban J connectivity index is 2.41. The van der Waals surface area contributed by atoms with Crippen molar-refractivity contribution in [3.05, 3.63) is 69.0 Å². The van der Waals surface area contributed by atoms with Crippen molar-refractivity contribution in [2.24, 2.45) is 0 Å². The molecule has 5 heteroatoms. The molecule has 0 saturated heterocycles. The summed E-state index contributed by atoms with van der Waals surface area (Å²) in [5.41, 5.74) is 1.09. The van der Waals surface area contributed by atoms with E-state index in [0.29, 0.717) is 16.1 Å². The molecule has 0 N–H and O–H groups in total. The van der Waals surface area contributed by atoms with E-state index in [0.717, 1.165) is 0 Å². The Morgan fingerprint density at radius 3 is 2.48 bits per heavy atom. The molecule has 2 nitrogen and oxygen atoms in total. The Bertz CT molecular complexity index is 752. The normalized spacial score (nSPS) is 11.8. The molecule has 0 heterocycles. The summed E-state index contributed by atoms with van der Waals surface area (Å²) in [6, 6.07) is 10.6. The van der Waals surface area contributed by atoms with E-state index in [1.165, 1.54) is 30.3 Å². The third kappa shape index (κ3) is 3.24. The molecule has 1 unspecified atom stereocenters. The summed E-state index contributed by atoms with van der Waals surface area (Å²) in [4.78, 5) is 12.4. The van der Waals surface area contributed by atoms with Gasteiger partial charge in [-0.2, -0.15) is 5.26 Å². The van der Waals surface area contributed by atoms with E-state index in [-0.39, 0.29) is 10.6 Å². The molecule has 1 atom stereocenters. The number of benzene rings is 2. The van der Waals surface area contributed by atoms with E-state index < -0.39 is 17.5 Å². The maximum Gasteiger partial charge on any atom is 0.184 e. The number of carbonyl (C=O) groups is 1. The molecule has 2 rings (SSSR count). The van der Waals surface area contributed by atoms with Crippen molar-refractivity contribution < 1.29 is 9.18 Å². The summed E-state index contributed by atoms with van der Waals surface area (Å²) < 4.78 is 13.3.